The lowest BCUT2D eigenvalue weighted by Crippen LogP contribution is -2.32. The van der Waals surface area contributed by atoms with Crippen molar-refractivity contribution in [3.8, 4) is 0 Å². The molecule has 1 aliphatic heterocycles. The highest BCUT2D eigenvalue weighted by molar-refractivity contribution is 5.09. The van der Waals surface area contributed by atoms with Crippen LogP contribution in [0.3, 0.4) is 0 Å². The van der Waals surface area contributed by atoms with E-state index in [0.29, 0.717) is 0 Å². The summed E-state index contributed by atoms with van der Waals surface area (Å²) in [6, 6.07) is 0. The van der Waals surface area contributed by atoms with Crippen molar-refractivity contribution in [2.45, 2.75) is 26.9 Å². The van der Waals surface area contributed by atoms with Gasteiger partial charge in [-0.25, -0.2) is 0 Å². The lowest BCUT2D eigenvalue weighted by Gasteiger charge is -2.21. The second kappa shape index (κ2) is 2.50. The van der Waals surface area contributed by atoms with E-state index in [9.17, 15) is 0 Å². The largest absolute Gasteiger partial charge is 0.409 e. The first-order valence-corrected chi connectivity index (χ1v) is 3.80. The Morgan fingerprint density at radius 3 is 2.27 bits per heavy atom. The van der Waals surface area contributed by atoms with Gasteiger partial charge in [0.25, 0.3) is 0 Å². The van der Waals surface area contributed by atoms with Gasteiger partial charge in [-0.3, -0.25) is 0 Å². The van der Waals surface area contributed by atoms with Gasteiger partial charge in [-0.2, -0.15) is 0 Å². The summed E-state index contributed by atoms with van der Waals surface area (Å²) in [5.41, 5.74) is 5.75. The molecule has 1 unspecified atom stereocenters. The highest BCUT2D eigenvalue weighted by atomic mass is 16.7. The van der Waals surface area contributed by atoms with Crippen molar-refractivity contribution in [3.05, 3.63) is 11.8 Å². The van der Waals surface area contributed by atoms with Gasteiger partial charge in [-0.05, 0) is 6.08 Å². The number of hydrogen-bond acceptors (Lipinski definition) is 3. The molecule has 0 fully saturated rings. The quantitative estimate of drug-likeness (QED) is 0.570. The standard InChI is InChI=1S/C8H16N2O/c1-8(2,3)6-5-7(9)10(4)11-6/h5,7H,9H2,1-4H3. The molecule has 2 N–H and O–H groups in total. The molecule has 64 valence electrons. The number of nitrogens with zero attached hydrogens (tertiary/aromatic N) is 1. The van der Waals surface area contributed by atoms with E-state index >= 15 is 0 Å². The van der Waals surface area contributed by atoms with Crippen LogP contribution in [0, 0.1) is 5.41 Å². The molecule has 1 atom stereocenters. The number of hydroxylamine groups is 2. The Hall–Kier alpha value is -0.540. The van der Waals surface area contributed by atoms with Crippen molar-refractivity contribution < 1.29 is 4.84 Å². The normalized spacial score (nSPS) is 26.6. The van der Waals surface area contributed by atoms with Gasteiger partial charge >= 0.3 is 0 Å². The smallest absolute Gasteiger partial charge is 0.129 e. The molecule has 1 rings (SSSR count). The van der Waals surface area contributed by atoms with Crippen molar-refractivity contribution in [1.29, 1.82) is 0 Å². The predicted octanol–water partition coefficient (Wildman–Crippen LogP) is 1.08. The molecule has 0 aromatic carbocycles. The van der Waals surface area contributed by atoms with Gasteiger partial charge in [-0.1, -0.05) is 20.8 Å². The molecule has 1 heterocycles. The molecule has 0 aliphatic carbocycles. The molecule has 1 aliphatic rings. The van der Waals surface area contributed by atoms with Crippen LogP contribution in [-0.2, 0) is 4.84 Å². The van der Waals surface area contributed by atoms with E-state index < -0.39 is 0 Å². The van der Waals surface area contributed by atoms with E-state index in [1.54, 1.807) is 5.06 Å². The van der Waals surface area contributed by atoms with Crippen LogP contribution in [0.15, 0.2) is 11.8 Å². The fourth-order valence-electron chi connectivity index (χ4n) is 0.893. The van der Waals surface area contributed by atoms with Crippen molar-refractivity contribution in [2.75, 3.05) is 7.05 Å². The van der Waals surface area contributed by atoms with Crippen molar-refractivity contribution in [3.63, 3.8) is 0 Å². The van der Waals surface area contributed by atoms with E-state index in [-0.39, 0.29) is 11.6 Å². The molecular weight excluding hydrogens is 140 g/mol. The molecule has 0 bridgehead atoms. The maximum absolute atomic E-state index is 5.69. The summed E-state index contributed by atoms with van der Waals surface area (Å²) in [4.78, 5) is 5.41. The topological polar surface area (TPSA) is 38.5 Å². The zero-order valence-corrected chi connectivity index (χ0v) is 7.59. The third-order valence-electron chi connectivity index (χ3n) is 1.72. The van der Waals surface area contributed by atoms with Gasteiger partial charge in [-0.15, -0.1) is 5.06 Å². The number of nitrogens with two attached hydrogens (primary N) is 1. The number of allylic oxidation sites excluding steroid dienone is 1. The summed E-state index contributed by atoms with van der Waals surface area (Å²) in [6.45, 7) is 6.31. The van der Waals surface area contributed by atoms with Crippen molar-refractivity contribution >= 4 is 0 Å². The van der Waals surface area contributed by atoms with E-state index in [1.807, 2.05) is 13.1 Å². The summed E-state index contributed by atoms with van der Waals surface area (Å²) in [7, 11) is 1.83. The Kier molecular flexibility index (Phi) is 1.94. The average molecular weight is 156 g/mol. The van der Waals surface area contributed by atoms with Crippen LogP contribution >= 0.6 is 0 Å². The minimum Gasteiger partial charge on any atom is -0.409 e. The maximum Gasteiger partial charge on any atom is 0.129 e. The molecule has 0 amide bonds. The van der Waals surface area contributed by atoms with E-state index in [4.69, 9.17) is 10.6 Å². The summed E-state index contributed by atoms with van der Waals surface area (Å²) in [5, 5.41) is 1.65. The molecular formula is C8H16N2O. The Bertz CT molecular complexity index is 181. The predicted molar refractivity (Wildman–Crippen MR) is 44.4 cm³/mol. The van der Waals surface area contributed by atoms with Crippen LogP contribution in [-0.4, -0.2) is 18.3 Å². The third-order valence-corrected chi connectivity index (χ3v) is 1.72. The second-order valence-electron chi connectivity index (χ2n) is 3.91. The summed E-state index contributed by atoms with van der Waals surface area (Å²) in [6.07, 6.45) is 1.85. The Balaban J connectivity index is 2.71. The fraction of sp³-hybridized carbons (Fsp3) is 0.750. The highest BCUT2D eigenvalue weighted by Crippen LogP contribution is 2.30. The molecule has 0 aromatic heterocycles. The van der Waals surface area contributed by atoms with Gasteiger partial charge in [0.2, 0.25) is 0 Å². The SMILES string of the molecule is CN1OC(C(C)(C)C)=CC1N. The van der Waals surface area contributed by atoms with Crippen LogP contribution in [0.5, 0.6) is 0 Å². The molecule has 0 spiro atoms. The van der Waals surface area contributed by atoms with E-state index in [0.717, 1.165) is 5.76 Å². The minimum absolute atomic E-state index is 0.0579. The number of likely N-dealkylation sites (N-methyl/N-ethyl adjacent to an activating group) is 1. The van der Waals surface area contributed by atoms with Gasteiger partial charge in [0.1, 0.15) is 11.9 Å². The van der Waals surface area contributed by atoms with Crippen LogP contribution in [0.4, 0.5) is 0 Å². The first-order valence-electron chi connectivity index (χ1n) is 3.80. The first-order chi connectivity index (χ1) is 4.91. The Labute approximate surface area is 67.8 Å². The first kappa shape index (κ1) is 8.56. The van der Waals surface area contributed by atoms with E-state index in [1.165, 1.54) is 0 Å². The number of rotatable bonds is 0. The zero-order valence-electron chi connectivity index (χ0n) is 7.59. The van der Waals surface area contributed by atoms with Crippen LogP contribution in [0.1, 0.15) is 20.8 Å². The summed E-state index contributed by atoms with van der Waals surface area (Å²) >= 11 is 0. The molecule has 3 nitrogen and oxygen atoms in total. The number of hydrogen-bond donors (Lipinski definition) is 1. The summed E-state index contributed by atoms with van der Waals surface area (Å²) < 4.78 is 0. The lowest BCUT2D eigenvalue weighted by molar-refractivity contribution is -0.107. The van der Waals surface area contributed by atoms with Crippen molar-refractivity contribution in [1.82, 2.24) is 5.06 Å². The van der Waals surface area contributed by atoms with Crippen LogP contribution in [0.25, 0.3) is 0 Å². The Morgan fingerprint density at radius 2 is 2.09 bits per heavy atom. The van der Waals surface area contributed by atoms with Crippen LogP contribution < -0.4 is 5.73 Å². The highest BCUT2D eigenvalue weighted by Gasteiger charge is 2.28. The minimum atomic E-state index is -0.0933. The molecule has 11 heavy (non-hydrogen) atoms. The second-order valence-corrected chi connectivity index (χ2v) is 3.91. The molecule has 0 radical (unpaired) electrons. The van der Waals surface area contributed by atoms with Crippen molar-refractivity contribution in [2.24, 2.45) is 11.1 Å². The molecule has 0 saturated carbocycles. The van der Waals surface area contributed by atoms with Gasteiger partial charge < -0.3 is 10.6 Å². The molecule has 0 saturated heterocycles. The third kappa shape index (κ3) is 1.73. The van der Waals surface area contributed by atoms with Gasteiger partial charge in [0, 0.05) is 12.5 Å². The summed E-state index contributed by atoms with van der Waals surface area (Å²) in [5.74, 6) is 0.951. The average Bonchev–Trinajstić information content (AvgIpc) is 2.11. The monoisotopic (exact) mass is 156 g/mol. The van der Waals surface area contributed by atoms with Gasteiger partial charge in [0.05, 0.1) is 0 Å². The molecule has 3 heteroatoms. The maximum atomic E-state index is 5.69. The molecule has 0 aromatic rings. The lowest BCUT2D eigenvalue weighted by atomic mass is 9.94. The van der Waals surface area contributed by atoms with Gasteiger partial charge in [0.15, 0.2) is 0 Å². The van der Waals surface area contributed by atoms with E-state index in [2.05, 4.69) is 20.8 Å². The Morgan fingerprint density at radius 1 is 1.55 bits per heavy atom. The fourth-order valence-corrected chi connectivity index (χ4v) is 0.893. The van der Waals surface area contributed by atoms with Crippen LogP contribution in [0.2, 0.25) is 0 Å². The zero-order chi connectivity index (χ0) is 8.65.